The topological polar surface area (TPSA) is 70.2 Å². The van der Waals surface area contributed by atoms with Crippen LogP contribution in [0.3, 0.4) is 0 Å². The predicted molar refractivity (Wildman–Crippen MR) is 83.4 cm³/mol. The number of benzene rings is 1. The van der Waals surface area contributed by atoms with Crippen molar-refractivity contribution in [2.45, 2.75) is 45.7 Å². The van der Waals surface area contributed by atoms with Crippen LogP contribution >= 0.6 is 0 Å². The quantitative estimate of drug-likeness (QED) is 0.748. The van der Waals surface area contributed by atoms with Crippen molar-refractivity contribution in [3.63, 3.8) is 0 Å². The van der Waals surface area contributed by atoms with E-state index in [2.05, 4.69) is 16.0 Å². The van der Waals surface area contributed by atoms with E-state index >= 15 is 0 Å². The van der Waals surface area contributed by atoms with Gasteiger partial charge in [0, 0.05) is 18.3 Å². The van der Waals surface area contributed by atoms with Gasteiger partial charge in [-0.3, -0.25) is 9.59 Å². The number of anilines is 1. The first-order valence-corrected chi connectivity index (χ1v) is 7.47. The van der Waals surface area contributed by atoms with Crippen molar-refractivity contribution in [1.82, 2.24) is 10.6 Å². The third-order valence-electron chi connectivity index (χ3n) is 3.45. The van der Waals surface area contributed by atoms with Crippen molar-refractivity contribution < 1.29 is 9.59 Å². The maximum absolute atomic E-state index is 12.4. The molecule has 0 aliphatic heterocycles. The summed E-state index contributed by atoms with van der Waals surface area (Å²) < 4.78 is 0. The first kappa shape index (κ1) is 15.4. The maximum Gasteiger partial charge on any atom is 0.254 e. The minimum atomic E-state index is -0.534. The molecule has 0 bridgehead atoms. The number of nitrogens with one attached hydrogen (secondary N) is 3. The summed E-state index contributed by atoms with van der Waals surface area (Å²) in [7, 11) is 0. The molecule has 5 heteroatoms. The number of aryl methyl sites for hydroxylation is 1. The number of carbonyl (C=O) groups excluding carboxylic acids is 2. The van der Waals surface area contributed by atoms with E-state index in [1.165, 1.54) is 0 Å². The number of hydrogen-bond acceptors (Lipinski definition) is 3. The lowest BCUT2D eigenvalue weighted by molar-refractivity contribution is -0.122. The molecule has 1 aliphatic rings. The zero-order chi connectivity index (χ0) is 15.4. The Morgan fingerprint density at radius 1 is 1.33 bits per heavy atom. The summed E-state index contributed by atoms with van der Waals surface area (Å²) in [6.07, 6.45) is 2.07. The van der Waals surface area contributed by atoms with Gasteiger partial charge in [0.15, 0.2) is 0 Å². The highest BCUT2D eigenvalue weighted by atomic mass is 16.2. The Labute approximate surface area is 125 Å². The molecular weight excluding hydrogens is 266 g/mol. The fraction of sp³-hybridized carbons (Fsp3) is 0.500. The first-order valence-electron chi connectivity index (χ1n) is 7.47. The molecule has 3 N–H and O–H groups in total. The van der Waals surface area contributed by atoms with Gasteiger partial charge in [-0.15, -0.1) is 0 Å². The van der Waals surface area contributed by atoms with E-state index in [4.69, 9.17) is 0 Å². The molecule has 1 fully saturated rings. The molecule has 1 aliphatic carbocycles. The van der Waals surface area contributed by atoms with E-state index in [9.17, 15) is 9.59 Å². The first-order chi connectivity index (χ1) is 10.0. The van der Waals surface area contributed by atoms with Crippen LogP contribution < -0.4 is 16.0 Å². The Morgan fingerprint density at radius 2 is 2.05 bits per heavy atom. The van der Waals surface area contributed by atoms with Crippen LogP contribution in [0.25, 0.3) is 0 Å². The van der Waals surface area contributed by atoms with Gasteiger partial charge in [-0.05, 0) is 45.7 Å². The molecule has 0 spiro atoms. The highest BCUT2D eigenvalue weighted by molar-refractivity contribution is 6.02. The van der Waals surface area contributed by atoms with E-state index in [0.29, 0.717) is 11.6 Å². The van der Waals surface area contributed by atoms with E-state index in [0.717, 1.165) is 30.6 Å². The molecule has 1 aromatic rings. The van der Waals surface area contributed by atoms with Gasteiger partial charge in [-0.25, -0.2) is 0 Å². The number of carbonyl (C=O) groups is 2. The van der Waals surface area contributed by atoms with Crippen LogP contribution in [-0.4, -0.2) is 30.4 Å². The molecule has 2 amide bonds. The van der Waals surface area contributed by atoms with Crippen LogP contribution in [0.4, 0.5) is 5.69 Å². The SMILES string of the molecule is CCNc1ccc(C)cc1C(=O)NC(C)C(=O)NC1CC1. The average Bonchev–Trinajstić information content (AvgIpc) is 3.24. The minimum absolute atomic E-state index is 0.122. The number of amides is 2. The third kappa shape index (κ3) is 4.21. The van der Waals surface area contributed by atoms with Crippen molar-refractivity contribution in [3.05, 3.63) is 29.3 Å². The lowest BCUT2D eigenvalue weighted by Gasteiger charge is -2.16. The molecule has 2 rings (SSSR count). The van der Waals surface area contributed by atoms with Crippen LogP contribution in [0.5, 0.6) is 0 Å². The van der Waals surface area contributed by atoms with Crippen molar-refractivity contribution >= 4 is 17.5 Å². The van der Waals surface area contributed by atoms with Crippen molar-refractivity contribution in [2.75, 3.05) is 11.9 Å². The Balaban J connectivity index is 2.04. The zero-order valence-corrected chi connectivity index (χ0v) is 12.8. The van der Waals surface area contributed by atoms with Gasteiger partial charge in [-0.2, -0.15) is 0 Å². The van der Waals surface area contributed by atoms with E-state index < -0.39 is 6.04 Å². The largest absolute Gasteiger partial charge is 0.385 e. The molecule has 1 aromatic carbocycles. The Bertz CT molecular complexity index is 538. The normalized spacial score (nSPS) is 15.2. The Hall–Kier alpha value is -2.04. The summed E-state index contributed by atoms with van der Waals surface area (Å²) in [5.41, 5.74) is 2.37. The number of hydrogen-bond donors (Lipinski definition) is 3. The smallest absolute Gasteiger partial charge is 0.254 e. The molecule has 114 valence electrons. The molecule has 1 atom stereocenters. The highest BCUT2D eigenvalue weighted by Gasteiger charge is 2.26. The monoisotopic (exact) mass is 289 g/mol. The average molecular weight is 289 g/mol. The highest BCUT2D eigenvalue weighted by Crippen LogP contribution is 2.19. The second kappa shape index (κ2) is 6.61. The summed E-state index contributed by atoms with van der Waals surface area (Å²) in [4.78, 5) is 24.3. The lowest BCUT2D eigenvalue weighted by atomic mass is 10.1. The summed E-state index contributed by atoms with van der Waals surface area (Å²) in [6, 6.07) is 5.45. The van der Waals surface area contributed by atoms with Gasteiger partial charge < -0.3 is 16.0 Å². The van der Waals surface area contributed by atoms with Crippen LogP contribution in [0.15, 0.2) is 18.2 Å². The van der Waals surface area contributed by atoms with Crippen LogP contribution in [-0.2, 0) is 4.79 Å². The molecular formula is C16H23N3O2. The fourth-order valence-corrected chi connectivity index (χ4v) is 2.08. The molecule has 0 aromatic heterocycles. The van der Waals surface area contributed by atoms with Crippen molar-refractivity contribution in [3.8, 4) is 0 Å². The predicted octanol–water partition coefficient (Wildman–Crippen LogP) is 1.82. The van der Waals surface area contributed by atoms with Gasteiger partial charge >= 0.3 is 0 Å². The molecule has 21 heavy (non-hydrogen) atoms. The van der Waals surface area contributed by atoms with Crippen LogP contribution in [0, 0.1) is 6.92 Å². The summed E-state index contributed by atoms with van der Waals surface area (Å²) in [6.45, 7) is 6.36. The molecule has 0 saturated heterocycles. The molecule has 1 unspecified atom stereocenters. The van der Waals surface area contributed by atoms with Crippen molar-refractivity contribution in [2.24, 2.45) is 0 Å². The Morgan fingerprint density at radius 3 is 2.67 bits per heavy atom. The van der Waals surface area contributed by atoms with Crippen LogP contribution in [0.2, 0.25) is 0 Å². The Kier molecular flexibility index (Phi) is 4.83. The number of rotatable bonds is 6. The molecule has 0 heterocycles. The van der Waals surface area contributed by atoms with Gasteiger partial charge in [0.25, 0.3) is 5.91 Å². The van der Waals surface area contributed by atoms with Gasteiger partial charge in [0.2, 0.25) is 5.91 Å². The summed E-state index contributed by atoms with van der Waals surface area (Å²) in [5.74, 6) is -0.350. The second-order valence-corrected chi connectivity index (χ2v) is 5.56. The zero-order valence-electron chi connectivity index (χ0n) is 12.8. The van der Waals surface area contributed by atoms with E-state index in [-0.39, 0.29) is 11.8 Å². The van der Waals surface area contributed by atoms with Gasteiger partial charge in [0.05, 0.1) is 5.56 Å². The summed E-state index contributed by atoms with van der Waals surface area (Å²) >= 11 is 0. The van der Waals surface area contributed by atoms with Crippen molar-refractivity contribution in [1.29, 1.82) is 0 Å². The van der Waals surface area contributed by atoms with E-state index in [1.54, 1.807) is 6.92 Å². The summed E-state index contributed by atoms with van der Waals surface area (Å²) in [5, 5.41) is 8.82. The molecule has 1 saturated carbocycles. The maximum atomic E-state index is 12.4. The van der Waals surface area contributed by atoms with Gasteiger partial charge in [-0.1, -0.05) is 11.6 Å². The molecule has 5 nitrogen and oxygen atoms in total. The standard InChI is InChI=1S/C16H23N3O2/c1-4-17-14-8-5-10(2)9-13(14)16(21)18-11(3)15(20)19-12-6-7-12/h5,8-9,11-12,17H,4,6-7H2,1-3H3,(H,18,21)(H,19,20). The second-order valence-electron chi connectivity index (χ2n) is 5.56. The van der Waals surface area contributed by atoms with E-state index in [1.807, 2.05) is 32.0 Å². The fourth-order valence-electron chi connectivity index (χ4n) is 2.08. The third-order valence-corrected chi connectivity index (χ3v) is 3.45. The van der Waals surface area contributed by atoms with Crippen LogP contribution in [0.1, 0.15) is 42.6 Å². The lowest BCUT2D eigenvalue weighted by Crippen LogP contribution is -2.45. The molecule has 0 radical (unpaired) electrons. The van der Waals surface area contributed by atoms with Gasteiger partial charge in [0.1, 0.15) is 6.04 Å². The minimum Gasteiger partial charge on any atom is -0.385 e.